The van der Waals surface area contributed by atoms with E-state index in [0.717, 1.165) is 44.3 Å². The normalized spacial score (nSPS) is 30.1. The lowest BCUT2D eigenvalue weighted by Crippen LogP contribution is -2.49. The summed E-state index contributed by atoms with van der Waals surface area (Å²) in [5, 5.41) is 3.75. The van der Waals surface area contributed by atoms with Crippen LogP contribution in [0.1, 0.15) is 102 Å². The van der Waals surface area contributed by atoms with Gasteiger partial charge >= 0.3 is 0 Å². The minimum Gasteiger partial charge on any atom is -0.328 e. The maximum Gasteiger partial charge on any atom is 0.141 e. The fraction of sp³-hybridized carbons (Fsp3) is 0.655. The van der Waals surface area contributed by atoms with Crippen LogP contribution in [0.4, 0.5) is 0 Å². The van der Waals surface area contributed by atoms with Crippen molar-refractivity contribution in [3.63, 3.8) is 0 Å². The minimum atomic E-state index is -0.0896. The number of hydrogen-bond acceptors (Lipinski definition) is 4. The Morgan fingerprint density at radius 1 is 1.06 bits per heavy atom. The van der Waals surface area contributed by atoms with E-state index in [4.69, 9.17) is 5.73 Å². The summed E-state index contributed by atoms with van der Waals surface area (Å²) in [4.78, 5) is 18.0. The highest BCUT2D eigenvalue weighted by molar-refractivity contribution is 5.87. The molecular formula is C29H42N4O. The van der Waals surface area contributed by atoms with Gasteiger partial charge in [-0.25, -0.2) is 4.98 Å². The van der Waals surface area contributed by atoms with E-state index >= 15 is 0 Å². The van der Waals surface area contributed by atoms with Gasteiger partial charge in [-0.3, -0.25) is 4.79 Å². The Hall–Kier alpha value is -1.98. The first-order valence-electron chi connectivity index (χ1n) is 13.7. The van der Waals surface area contributed by atoms with Gasteiger partial charge in [0.05, 0.1) is 24.3 Å². The van der Waals surface area contributed by atoms with Gasteiger partial charge < -0.3 is 15.6 Å². The summed E-state index contributed by atoms with van der Waals surface area (Å²) in [7, 11) is 0. The molecule has 0 amide bonds. The van der Waals surface area contributed by atoms with Gasteiger partial charge in [0.25, 0.3) is 0 Å². The van der Waals surface area contributed by atoms with Gasteiger partial charge in [-0.2, -0.15) is 0 Å². The fourth-order valence-electron chi connectivity index (χ4n) is 7.20. The van der Waals surface area contributed by atoms with Crippen molar-refractivity contribution in [2.45, 2.75) is 108 Å². The third kappa shape index (κ3) is 4.49. The third-order valence-electron chi connectivity index (χ3n) is 9.24. The summed E-state index contributed by atoms with van der Waals surface area (Å²) in [6.07, 6.45) is 19.0. The topological polar surface area (TPSA) is 72.9 Å². The van der Waals surface area contributed by atoms with Gasteiger partial charge in [-0.15, -0.1) is 0 Å². The molecule has 1 aromatic carbocycles. The lowest BCUT2D eigenvalue weighted by Gasteiger charge is -2.43. The highest BCUT2D eigenvalue weighted by Gasteiger charge is 2.49. The SMILES string of the molecule is CCNC12CCCC(C(=O)CC3c4ccccc4-c4cncn43)(CC1)CC2.NC1CCCCC1. The molecule has 2 heterocycles. The Kier molecular flexibility index (Phi) is 6.95. The van der Waals surface area contributed by atoms with Crippen molar-refractivity contribution >= 4 is 5.78 Å². The van der Waals surface area contributed by atoms with Gasteiger partial charge in [-0.05, 0) is 63.5 Å². The molecule has 0 spiro atoms. The Balaban J connectivity index is 0.000000297. The van der Waals surface area contributed by atoms with Crippen LogP contribution in [0.3, 0.4) is 0 Å². The molecule has 2 bridgehead atoms. The second-order valence-corrected chi connectivity index (χ2v) is 11.3. The third-order valence-corrected chi connectivity index (χ3v) is 9.24. The number of ketones is 1. The number of hydrogen-bond donors (Lipinski definition) is 2. The van der Waals surface area contributed by atoms with Crippen LogP contribution in [-0.4, -0.2) is 33.5 Å². The number of Topliss-reactive ketones (excluding diaryl/α,β-unsaturated/α-hetero) is 1. The van der Waals surface area contributed by atoms with Crippen molar-refractivity contribution in [3.05, 3.63) is 42.4 Å². The number of fused-ring (bicyclic) bond motifs is 7. The molecular weight excluding hydrogens is 420 g/mol. The molecule has 1 atom stereocenters. The number of rotatable bonds is 5. The zero-order chi connectivity index (χ0) is 23.6. The van der Waals surface area contributed by atoms with Crippen molar-refractivity contribution in [2.75, 3.05) is 6.54 Å². The number of aromatic nitrogens is 2. The predicted octanol–water partition coefficient (Wildman–Crippen LogP) is 5.78. The minimum absolute atomic E-state index is 0.0896. The number of imidazole rings is 1. The highest BCUT2D eigenvalue weighted by atomic mass is 16.1. The molecule has 34 heavy (non-hydrogen) atoms. The number of nitrogens with two attached hydrogens (primary N) is 1. The van der Waals surface area contributed by atoms with Crippen LogP contribution in [0.2, 0.25) is 0 Å². The molecule has 0 radical (unpaired) electrons. The summed E-state index contributed by atoms with van der Waals surface area (Å²) in [6, 6.07) is 9.15. The van der Waals surface area contributed by atoms with Crippen molar-refractivity contribution in [2.24, 2.45) is 11.1 Å². The summed E-state index contributed by atoms with van der Waals surface area (Å²) in [6.45, 7) is 3.23. The quantitative estimate of drug-likeness (QED) is 0.590. The Bertz CT molecular complexity index is 982. The molecule has 1 aromatic heterocycles. The zero-order valence-corrected chi connectivity index (χ0v) is 20.9. The first-order valence-corrected chi connectivity index (χ1v) is 13.7. The molecule has 0 saturated heterocycles. The van der Waals surface area contributed by atoms with E-state index in [0.29, 0.717) is 23.8 Å². The largest absolute Gasteiger partial charge is 0.328 e. The molecule has 5 nitrogen and oxygen atoms in total. The van der Waals surface area contributed by atoms with Gasteiger partial charge in [-0.1, -0.05) is 56.9 Å². The van der Waals surface area contributed by atoms with Gasteiger partial charge in [0.2, 0.25) is 0 Å². The molecule has 184 valence electrons. The van der Waals surface area contributed by atoms with Gasteiger partial charge in [0.15, 0.2) is 0 Å². The van der Waals surface area contributed by atoms with Crippen LogP contribution in [0.15, 0.2) is 36.8 Å². The van der Waals surface area contributed by atoms with Crippen LogP contribution >= 0.6 is 0 Å². The van der Waals surface area contributed by atoms with Crippen molar-refractivity contribution in [3.8, 4) is 11.3 Å². The van der Waals surface area contributed by atoms with Crippen LogP contribution in [0.5, 0.6) is 0 Å². The standard InChI is InChI=1S/C23H29N3O.C6H13N/c1-2-25-23-9-5-8-22(10-12-23,11-13-23)21(27)14-19-17-6-3-4-7-18(17)20-15-24-16-26(19)20;7-6-4-2-1-3-5-6/h3-4,6-7,15-16,19,25H,2,5,8-14H2,1H3;6H,1-5,7H2. The number of nitrogens with one attached hydrogen (secondary N) is 1. The van der Waals surface area contributed by atoms with Crippen molar-refractivity contribution in [1.29, 1.82) is 0 Å². The summed E-state index contributed by atoms with van der Waals surface area (Å²) in [5.41, 5.74) is 9.51. The maximum absolute atomic E-state index is 13.6. The maximum atomic E-state index is 13.6. The highest BCUT2D eigenvalue weighted by Crippen LogP contribution is 2.52. The molecule has 4 fully saturated rings. The molecule has 5 heteroatoms. The van der Waals surface area contributed by atoms with E-state index in [-0.39, 0.29) is 11.5 Å². The summed E-state index contributed by atoms with van der Waals surface area (Å²) < 4.78 is 2.21. The first kappa shape index (κ1) is 23.7. The monoisotopic (exact) mass is 462 g/mol. The molecule has 1 unspecified atom stereocenters. The smallest absolute Gasteiger partial charge is 0.141 e. The van der Waals surface area contributed by atoms with E-state index in [1.54, 1.807) is 0 Å². The molecule has 7 rings (SSSR count). The predicted molar refractivity (Wildman–Crippen MR) is 138 cm³/mol. The van der Waals surface area contributed by atoms with Crippen LogP contribution < -0.4 is 11.1 Å². The molecule has 2 aromatic rings. The zero-order valence-electron chi connectivity index (χ0n) is 20.9. The Morgan fingerprint density at radius 2 is 1.82 bits per heavy atom. The lowest BCUT2D eigenvalue weighted by molar-refractivity contribution is -0.131. The molecule has 1 aliphatic heterocycles. The molecule has 4 aliphatic carbocycles. The molecule has 5 aliphatic rings. The molecule has 4 saturated carbocycles. The van der Waals surface area contributed by atoms with Gasteiger partial charge in [0, 0.05) is 29.0 Å². The van der Waals surface area contributed by atoms with Crippen molar-refractivity contribution < 1.29 is 4.79 Å². The summed E-state index contributed by atoms with van der Waals surface area (Å²) in [5.74, 6) is 0.482. The summed E-state index contributed by atoms with van der Waals surface area (Å²) >= 11 is 0. The van der Waals surface area contributed by atoms with Crippen LogP contribution in [0.25, 0.3) is 11.3 Å². The van der Waals surface area contributed by atoms with E-state index in [9.17, 15) is 4.79 Å². The second-order valence-electron chi connectivity index (χ2n) is 11.3. The number of carbonyl (C=O) groups excluding carboxylic acids is 1. The number of carbonyl (C=O) groups is 1. The first-order chi connectivity index (χ1) is 16.6. The van der Waals surface area contributed by atoms with Crippen LogP contribution in [-0.2, 0) is 4.79 Å². The lowest BCUT2D eigenvalue weighted by atomic mass is 9.65. The van der Waals surface area contributed by atoms with E-state index in [1.807, 2.05) is 12.5 Å². The molecule has 3 N–H and O–H groups in total. The number of nitrogens with zero attached hydrogens (tertiary/aromatic N) is 2. The average Bonchev–Trinajstić information content (AvgIpc) is 3.32. The number of benzene rings is 1. The van der Waals surface area contributed by atoms with Crippen molar-refractivity contribution in [1.82, 2.24) is 14.9 Å². The van der Waals surface area contributed by atoms with Crippen LogP contribution in [0, 0.1) is 5.41 Å². The second kappa shape index (κ2) is 9.94. The van der Waals surface area contributed by atoms with E-state index < -0.39 is 0 Å². The van der Waals surface area contributed by atoms with E-state index in [1.165, 1.54) is 56.1 Å². The average molecular weight is 463 g/mol. The van der Waals surface area contributed by atoms with Gasteiger partial charge in [0.1, 0.15) is 5.78 Å². The Morgan fingerprint density at radius 3 is 2.53 bits per heavy atom. The Labute approximate surface area is 204 Å². The fourth-order valence-corrected chi connectivity index (χ4v) is 7.20. The van der Waals surface area contributed by atoms with E-state index in [2.05, 4.69) is 46.1 Å².